The van der Waals surface area contributed by atoms with Crippen molar-refractivity contribution >= 4 is 5.91 Å². The van der Waals surface area contributed by atoms with Gasteiger partial charge in [0.05, 0.1) is 12.2 Å². The maximum atomic E-state index is 12.9. The molecule has 0 atom stereocenters. The molecule has 1 heterocycles. The number of hydrogen-bond acceptors (Lipinski definition) is 3. The van der Waals surface area contributed by atoms with Gasteiger partial charge in [0.1, 0.15) is 18.2 Å². The Morgan fingerprint density at radius 2 is 1.81 bits per heavy atom. The van der Waals surface area contributed by atoms with Crippen LogP contribution in [0, 0.1) is 5.82 Å². The predicted octanol–water partition coefficient (Wildman–Crippen LogP) is 3.41. The van der Waals surface area contributed by atoms with Gasteiger partial charge in [0, 0.05) is 25.9 Å². The molecule has 0 aliphatic carbocycles. The molecular formula is C20H20FN3O2. The number of nitrogens with zero attached hydrogens (tertiary/aromatic N) is 3. The van der Waals surface area contributed by atoms with Crippen LogP contribution in [0.4, 0.5) is 4.39 Å². The highest BCUT2D eigenvalue weighted by atomic mass is 19.1. The van der Waals surface area contributed by atoms with Crippen molar-refractivity contribution < 1.29 is 13.9 Å². The molecule has 0 bridgehead atoms. The fraction of sp³-hybridized carbons (Fsp3) is 0.200. The van der Waals surface area contributed by atoms with Crippen molar-refractivity contribution in [2.45, 2.75) is 13.2 Å². The van der Waals surface area contributed by atoms with E-state index in [2.05, 4.69) is 5.10 Å². The van der Waals surface area contributed by atoms with E-state index >= 15 is 0 Å². The second-order valence-corrected chi connectivity index (χ2v) is 6.08. The molecule has 6 heteroatoms. The molecule has 1 amide bonds. The highest BCUT2D eigenvalue weighted by Gasteiger charge is 2.13. The zero-order valence-corrected chi connectivity index (χ0v) is 14.7. The van der Waals surface area contributed by atoms with Crippen LogP contribution in [0.25, 0.3) is 0 Å². The van der Waals surface area contributed by atoms with Crippen LogP contribution >= 0.6 is 0 Å². The topological polar surface area (TPSA) is 47.4 Å². The monoisotopic (exact) mass is 353 g/mol. The second kappa shape index (κ2) is 7.82. The van der Waals surface area contributed by atoms with Crippen LogP contribution in [0.15, 0.2) is 60.8 Å². The zero-order valence-electron chi connectivity index (χ0n) is 14.7. The van der Waals surface area contributed by atoms with E-state index in [0.29, 0.717) is 24.5 Å². The summed E-state index contributed by atoms with van der Waals surface area (Å²) in [7, 11) is 3.60. The molecule has 26 heavy (non-hydrogen) atoms. The number of amides is 1. The van der Waals surface area contributed by atoms with Crippen molar-refractivity contribution in [1.29, 1.82) is 0 Å². The first kappa shape index (κ1) is 17.7. The standard InChI is InChI=1S/C20H20FN3O2/c1-23(13-18-11-12-24(2)22-18)20(25)16-5-3-15(4-6-16)14-26-19-9-7-17(21)8-10-19/h3-12H,13-14H2,1-2H3. The maximum absolute atomic E-state index is 12.9. The lowest BCUT2D eigenvalue weighted by Gasteiger charge is -2.16. The SMILES string of the molecule is CN(Cc1ccn(C)n1)C(=O)c1ccc(COc2ccc(F)cc2)cc1. The predicted molar refractivity (Wildman–Crippen MR) is 96.2 cm³/mol. The van der Waals surface area contributed by atoms with E-state index in [1.54, 1.807) is 40.9 Å². The van der Waals surface area contributed by atoms with Crippen LogP contribution in [0.2, 0.25) is 0 Å². The molecule has 3 rings (SSSR count). The van der Waals surface area contributed by atoms with Crippen LogP contribution < -0.4 is 4.74 Å². The number of carbonyl (C=O) groups excluding carboxylic acids is 1. The van der Waals surface area contributed by atoms with Gasteiger partial charge >= 0.3 is 0 Å². The molecule has 0 aliphatic rings. The number of carbonyl (C=O) groups is 1. The molecule has 0 saturated carbocycles. The van der Waals surface area contributed by atoms with E-state index in [-0.39, 0.29) is 11.7 Å². The van der Waals surface area contributed by atoms with E-state index < -0.39 is 0 Å². The molecule has 3 aromatic rings. The summed E-state index contributed by atoms with van der Waals surface area (Å²) in [4.78, 5) is 14.1. The molecule has 1 aromatic heterocycles. The molecule has 5 nitrogen and oxygen atoms in total. The summed E-state index contributed by atoms with van der Waals surface area (Å²) >= 11 is 0. The van der Waals surface area contributed by atoms with Crippen LogP contribution in [0.5, 0.6) is 5.75 Å². The largest absolute Gasteiger partial charge is 0.489 e. The summed E-state index contributed by atoms with van der Waals surface area (Å²) in [6.07, 6.45) is 1.85. The lowest BCUT2D eigenvalue weighted by atomic mass is 10.1. The Balaban J connectivity index is 1.57. The number of ether oxygens (including phenoxy) is 1. The van der Waals surface area contributed by atoms with Crippen molar-refractivity contribution in [3.05, 3.63) is 83.4 Å². The maximum Gasteiger partial charge on any atom is 0.253 e. The Bertz CT molecular complexity index is 873. The number of rotatable bonds is 6. The Hall–Kier alpha value is -3.15. The minimum absolute atomic E-state index is 0.0679. The van der Waals surface area contributed by atoms with Gasteiger partial charge in [-0.15, -0.1) is 0 Å². The number of aryl methyl sites for hydroxylation is 1. The summed E-state index contributed by atoms with van der Waals surface area (Å²) in [5.41, 5.74) is 2.37. The molecule has 134 valence electrons. The van der Waals surface area contributed by atoms with Crippen molar-refractivity contribution in [1.82, 2.24) is 14.7 Å². The fourth-order valence-corrected chi connectivity index (χ4v) is 2.52. The minimum Gasteiger partial charge on any atom is -0.489 e. The lowest BCUT2D eigenvalue weighted by molar-refractivity contribution is 0.0783. The summed E-state index contributed by atoms with van der Waals surface area (Å²) in [6, 6.07) is 15.0. The van der Waals surface area contributed by atoms with Gasteiger partial charge in [-0.05, 0) is 48.0 Å². The van der Waals surface area contributed by atoms with Crippen molar-refractivity contribution in [3.63, 3.8) is 0 Å². The molecular weight excluding hydrogens is 333 g/mol. The van der Waals surface area contributed by atoms with Gasteiger partial charge < -0.3 is 9.64 Å². The van der Waals surface area contributed by atoms with Gasteiger partial charge in [0.2, 0.25) is 0 Å². The summed E-state index contributed by atoms with van der Waals surface area (Å²) in [5.74, 6) is 0.235. The first-order valence-corrected chi connectivity index (χ1v) is 8.22. The van der Waals surface area contributed by atoms with Gasteiger partial charge in [0.25, 0.3) is 5.91 Å². The van der Waals surface area contributed by atoms with E-state index in [4.69, 9.17) is 4.74 Å². The quantitative estimate of drug-likeness (QED) is 0.682. The Labute approximate surface area is 151 Å². The second-order valence-electron chi connectivity index (χ2n) is 6.08. The molecule has 2 aromatic carbocycles. The Kier molecular flexibility index (Phi) is 5.31. The van der Waals surface area contributed by atoms with Gasteiger partial charge in [-0.25, -0.2) is 4.39 Å². The first-order chi connectivity index (χ1) is 12.5. The smallest absolute Gasteiger partial charge is 0.253 e. The highest BCUT2D eigenvalue weighted by Crippen LogP contribution is 2.14. The number of aromatic nitrogens is 2. The fourth-order valence-electron chi connectivity index (χ4n) is 2.52. The molecule has 0 saturated heterocycles. The Morgan fingerprint density at radius 3 is 2.42 bits per heavy atom. The minimum atomic E-state index is -0.296. The van der Waals surface area contributed by atoms with Gasteiger partial charge in [-0.3, -0.25) is 9.48 Å². The third-order valence-electron chi connectivity index (χ3n) is 3.93. The summed E-state index contributed by atoms with van der Waals surface area (Å²) in [5, 5.41) is 4.28. The third-order valence-corrected chi connectivity index (χ3v) is 3.93. The van der Waals surface area contributed by atoms with E-state index in [1.807, 2.05) is 31.4 Å². The summed E-state index contributed by atoms with van der Waals surface area (Å²) in [6.45, 7) is 0.805. The van der Waals surface area contributed by atoms with E-state index in [0.717, 1.165) is 11.3 Å². The molecule has 0 radical (unpaired) electrons. The first-order valence-electron chi connectivity index (χ1n) is 8.22. The molecule has 0 spiro atoms. The number of hydrogen-bond donors (Lipinski definition) is 0. The zero-order chi connectivity index (χ0) is 18.5. The average Bonchev–Trinajstić information content (AvgIpc) is 3.06. The van der Waals surface area contributed by atoms with Gasteiger partial charge in [-0.2, -0.15) is 5.10 Å². The molecule has 0 N–H and O–H groups in total. The van der Waals surface area contributed by atoms with Gasteiger partial charge in [-0.1, -0.05) is 12.1 Å². The molecule has 0 aliphatic heterocycles. The van der Waals surface area contributed by atoms with Crippen molar-refractivity contribution in [2.75, 3.05) is 7.05 Å². The van der Waals surface area contributed by atoms with Crippen molar-refractivity contribution in [2.24, 2.45) is 7.05 Å². The summed E-state index contributed by atoms with van der Waals surface area (Å²) < 4.78 is 20.2. The Morgan fingerprint density at radius 1 is 1.12 bits per heavy atom. The molecule has 0 unspecified atom stereocenters. The number of halogens is 1. The van der Waals surface area contributed by atoms with Crippen LogP contribution in [0.1, 0.15) is 21.6 Å². The van der Waals surface area contributed by atoms with Crippen LogP contribution in [-0.4, -0.2) is 27.6 Å². The molecule has 0 fully saturated rings. The number of benzene rings is 2. The van der Waals surface area contributed by atoms with Crippen LogP contribution in [-0.2, 0) is 20.2 Å². The average molecular weight is 353 g/mol. The normalized spacial score (nSPS) is 10.6. The van der Waals surface area contributed by atoms with Crippen LogP contribution in [0.3, 0.4) is 0 Å². The van der Waals surface area contributed by atoms with Gasteiger partial charge in [0.15, 0.2) is 0 Å². The third kappa shape index (κ3) is 4.47. The van der Waals surface area contributed by atoms with E-state index in [1.165, 1.54) is 12.1 Å². The van der Waals surface area contributed by atoms with E-state index in [9.17, 15) is 9.18 Å². The highest BCUT2D eigenvalue weighted by molar-refractivity contribution is 5.94. The lowest BCUT2D eigenvalue weighted by Crippen LogP contribution is -2.26. The van der Waals surface area contributed by atoms with Crippen molar-refractivity contribution in [3.8, 4) is 5.75 Å².